The van der Waals surface area contributed by atoms with Crippen LogP contribution in [0.25, 0.3) is 0 Å². The molecule has 0 amide bonds. The molecule has 2 aromatic rings. The monoisotopic (exact) mass is 357 g/mol. The molecule has 1 fully saturated rings. The predicted octanol–water partition coefficient (Wildman–Crippen LogP) is 4.30. The fourth-order valence-electron chi connectivity index (χ4n) is 3.63. The molecule has 2 bridgehead atoms. The number of benzene rings is 1. The number of fused-ring (bicyclic) bond motifs is 2. The van der Waals surface area contributed by atoms with Gasteiger partial charge >= 0.3 is 0 Å². The minimum absolute atomic E-state index is 0.147. The molecule has 3 aliphatic heterocycles. The Balaban J connectivity index is 1.74. The Bertz CT molecular complexity index is 841. The SMILES string of the molecule is N#Cc1c(O)nc(SCc2ccccc2Cl)c2c1C1CCN2CC1. The van der Waals surface area contributed by atoms with Crippen LogP contribution in [0.15, 0.2) is 29.3 Å². The van der Waals surface area contributed by atoms with Crippen LogP contribution in [0.4, 0.5) is 5.69 Å². The summed E-state index contributed by atoms with van der Waals surface area (Å²) < 4.78 is 0. The molecule has 0 saturated carbocycles. The Kier molecular flexibility index (Phi) is 4.03. The van der Waals surface area contributed by atoms with Crippen LogP contribution in [0.3, 0.4) is 0 Å². The molecule has 4 nitrogen and oxygen atoms in total. The molecule has 6 heteroatoms. The van der Waals surface area contributed by atoms with Crippen molar-refractivity contribution in [3.8, 4) is 11.9 Å². The molecular formula is C18H16ClN3OS. The third-order valence-electron chi connectivity index (χ3n) is 4.81. The van der Waals surface area contributed by atoms with Crippen LogP contribution in [0.2, 0.25) is 5.02 Å². The van der Waals surface area contributed by atoms with Crippen molar-refractivity contribution in [2.24, 2.45) is 0 Å². The van der Waals surface area contributed by atoms with Gasteiger partial charge < -0.3 is 10.0 Å². The van der Waals surface area contributed by atoms with E-state index in [1.807, 2.05) is 24.3 Å². The van der Waals surface area contributed by atoms with Gasteiger partial charge in [-0.05, 0) is 30.4 Å². The molecular weight excluding hydrogens is 342 g/mol. The van der Waals surface area contributed by atoms with E-state index in [1.54, 1.807) is 11.8 Å². The average Bonchev–Trinajstić information content (AvgIpc) is 2.61. The van der Waals surface area contributed by atoms with Crippen molar-refractivity contribution in [2.75, 3.05) is 18.0 Å². The normalized spacial score (nSPS) is 16.1. The highest BCUT2D eigenvalue weighted by Gasteiger charge is 2.37. The van der Waals surface area contributed by atoms with E-state index in [2.05, 4.69) is 16.0 Å². The standard InChI is InChI=1S/C18H16ClN3OS/c19-14-4-2-1-3-12(14)10-24-18-16-15(13(9-20)17(23)21-18)11-5-7-22(16)8-6-11/h1-4,11H,5-8,10H2,(H,21,23). The van der Waals surface area contributed by atoms with Crippen LogP contribution in [0.5, 0.6) is 5.88 Å². The Morgan fingerprint density at radius 3 is 2.79 bits per heavy atom. The van der Waals surface area contributed by atoms with Gasteiger partial charge in [0.1, 0.15) is 16.7 Å². The minimum Gasteiger partial charge on any atom is -0.492 e. The van der Waals surface area contributed by atoms with E-state index in [1.165, 1.54) is 0 Å². The van der Waals surface area contributed by atoms with E-state index in [-0.39, 0.29) is 5.88 Å². The summed E-state index contributed by atoms with van der Waals surface area (Å²) in [5, 5.41) is 21.2. The number of nitriles is 1. The zero-order valence-corrected chi connectivity index (χ0v) is 14.6. The van der Waals surface area contributed by atoms with Crippen molar-refractivity contribution in [3.05, 3.63) is 46.0 Å². The molecule has 0 spiro atoms. The van der Waals surface area contributed by atoms with E-state index < -0.39 is 0 Å². The zero-order valence-electron chi connectivity index (χ0n) is 13.0. The number of hydrogen-bond acceptors (Lipinski definition) is 5. The number of pyridine rings is 1. The summed E-state index contributed by atoms with van der Waals surface area (Å²) in [5.41, 5.74) is 3.43. The smallest absolute Gasteiger partial charge is 0.230 e. The molecule has 1 aromatic heterocycles. The molecule has 0 aliphatic carbocycles. The summed E-state index contributed by atoms with van der Waals surface area (Å²) in [6, 6.07) is 9.90. The van der Waals surface area contributed by atoms with Crippen LogP contribution in [-0.4, -0.2) is 23.2 Å². The van der Waals surface area contributed by atoms with E-state index >= 15 is 0 Å². The average molecular weight is 358 g/mol. The molecule has 0 unspecified atom stereocenters. The fraction of sp³-hybridized carbons (Fsp3) is 0.333. The fourth-order valence-corrected chi connectivity index (χ4v) is 4.98. The van der Waals surface area contributed by atoms with Gasteiger partial charge in [-0.15, -0.1) is 0 Å². The summed E-state index contributed by atoms with van der Waals surface area (Å²) >= 11 is 7.81. The first-order valence-corrected chi connectivity index (χ1v) is 9.33. The van der Waals surface area contributed by atoms with Gasteiger partial charge in [0.05, 0.1) is 5.69 Å². The van der Waals surface area contributed by atoms with Gasteiger partial charge in [-0.1, -0.05) is 41.6 Å². The predicted molar refractivity (Wildman–Crippen MR) is 95.8 cm³/mol. The number of aromatic nitrogens is 1. The van der Waals surface area contributed by atoms with E-state index in [0.29, 0.717) is 17.2 Å². The van der Waals surface area contributed by atoms with Gasteiger partial charge in [-0.2, -0.15) is 5.26 Å². The van der Waals surface area contributed by atoms with Crippen LogP contribution in [0, 0.1) is 11.3 Å². The molecule has 3 aliphatic rings. The number of hydrogen-bond donors (Lipinski definition) is 1. The summed E-state index contributed by atoms with van der Waals surface area (Å²) in [4.78, 5) is 6.64. The lowest BCUT2D eigenvalue weighted by molar-refractivity contribution is 0.429. The quantitative estimate of drug-likeness (QED) is 0.830. The number of halogens is 1. The van der Waals surface area contributed by atoms with Gasteiger partial charge in [-0.25, -0.2) is 4.98 Å². The van der Waals surface area contributed by atoms with Crippen LogP contribution >= 0.6 is 23.4 Å². The molecule has 4 heterocycles. The third kappa shape index (κ3) is 2.51. The molecule has 0 radical (unpaired) electrons. The molecule has 122 valence electrons. The number of thioether (sulfide) groups is 1. The lowest BCUT2D eigenvalue weighted by Gasteiger charge is -2.43. The van der Waals surface area contributed by atoms with Crippen molar-refractivity contribution in [3.63, 3.8) is 0 Å². The number of aromatic hydroxyl groups is 1. The summed E-state index contributed by atoms with van der Waals surface area (Å²) in [7, 11) is 0. The number of rotatable bonds is 3. The van der Waals surface area contributed by atoms with Crippen molar-refractivity contribution in [2.45, 2.75) is 29.5 Å². The first kappa shape index (κ1) is 15.6. The Hall–Kier alpha value is -1.90. The van der Waals surface area contributed by atoms with Gasteiger partial charge in [0.15, 0.2) is 0 Å². The Labute approximate surface area is 150 Å². The highest BCUT2D eigenvalue weighted by molar-refractivity contribution is 7.98. The minimum atomic E-state index is -0.147. The van der Waals surface area contributed by atoms with Crippen LogP contribution in [0.1, 0.15) is 35.4 Å². The largest absolute Gasteiger partial charge is 0.492 e. The van der Waals surface area contributed by atoms with Crippen LogP contribution in [-0.2, 0) is 5.75 Å². The van der Waals surface area contributed by atoms with Gasteiger partial charge in [0, 0.05) is 29.4 Å². The number of anilines is 1. The summed E-state index contributed by atoms with van der Waals surface area (Å²) in [6.07, 6.45) is 2.08. The molecule has 5 rings (SSSR count). The van der Waals surface area contributed by atoms with Gasteiger partial charge in [0.2, 0.25) is 5.88 Å². The van der Waals surface area contributed by atoms with Crippen molar-refractivity contribution >= 4 is 29.1 Å². The molecule has 0 atom stereocenters. The van der Waals surface area contributed by atoms with E-state index in [0.717, 1.165) is 52.8 Å². The molecule has 1 saturated heterocycles. The van der Waals surface area contributed by atoms with Crippen molar-refractivity contribution in [1.29, 1.82) is 5.26 Å². The first-order chi connectivity index (χ1) is 11.7. The molecule has 1 N–H and O–H groups in total. The maximum atomic E-state index is 10.2. The summed E-state index contributed by atoms with van der Waals surface area (Å²) in [5.74, 6) is 0.892. The van der Waals surface area contributed by atoms with Crippen molar-refractivity contribution < 1.29 is 5.11 Å². The third-order valence-corrected chi connectivity index (χ3v) is 6.19. The van der Waals surface area contributed by atoms with Crippen LogP contribution < -0.4 is 4.90 Å². The van der Waals surface area contributed by atoms with E-state index in [9.17, 15) is 10.4 Å². The lowest BCUT2D eigenvalue weighted by atomic mass is 9.81. The summed E-state index contributed by atoms with van der Waals surface area (Å²) in [6.45, 7) is 1.99. The Morgan fingerprint density at radius 2 is 2.08 bits per heavy atom. The van der Waals surface area contributed by atoms with E-state index in [4.69, 9.17) is 11.6 Å². The highest BCUT2D eigenvalue weighted by atomic mass is 35.5. The van der Waals surface area contributed by atoms with Crippen molar-refractivity contribution in [1.82, 2.24) is 4.98 Å². The van der Waals surface area contributed by atoms with Gasteiger partial charge in [-0.3, -0.25) is 0 Å². The lowest BCUT2D eigenvalue weighted by Crippen LogP contribution is -2.39. The molecule has 1 aromatic carbocycles. The molecule has 24 heavy (non-hydrogen) atoms. The number of nitrogens with zero attached hydrogens (tertiary/aromatic N) is 3. The second-order valence-electron chi connectivity index (χ2n) is 6.13. The first-order valence-electron chi connectivity index (χ1n) is 7.97. The topological polar surface area (TPSA) is 60.1 Å². The maximum Gasteiger partial charge on any atom is 0.230 e. The number of piperidine rings is 1. The Morgan fingerprint density at radius 1 is 1.33 bits per heavy atom. The maximum absolute atomic E-state index is 10.2. The second kappa shape index (κ2) is 6.19. The highest BCUT2D eigenvalue weighted by Crippen LogP contribution is 2.49. The zero-order chi connectivity index (χ0) is 16.7. The van der Waals surface area contributed by atoms with Gasteiger partial charge in [0.25, 0.3) is 0 Å². The second-order valence-corrected chi connectivity index (χ2v) is 7.50.